The molecule has 5 N–H and O–H groups in total. The first-order valence-electron chi connectivity index (χ1n) is 12.9. The second-order valence-corrected chi connectivity index (χ2v) is 9.91. The number of pyridine rings is 1. The summed E-state index contributed by atoms with van der Waals surface area (Å²) in [6.07, 6.45) is 11.8. The minimum atomic E-state index is -0.0521. The molecule has 8 heteroatoms. The molecule has 1 saturated carbocycles. The summed E-state index contributed by atoms with van der Waals surface area (Å²) in [6.45, 7) is 6.45. The fourth-order valence-electron chi connectivity index (χ4n) is 4.58. The van der Waals surface area contributed by atoms with Crippen molar-refractivity contribution in [2.45, 2.75) is 64.1 Å². The van der Waals surface area contributed by atoms with Gasteiger partial charge in [-0.3, -0.25) is 14.8 Å². The highest BCUT2D eigenvalue weighted by molar-refractivity contribution is 6.11. The highest BCUT2D eigenvalue weighted by Gasteiger charge is 2.24. The molecule has 1 aromatic carbocycles. The van der Waals surface area contributed by atoms with Crippen molar-refractivity contribution in [2.75, 3.05) is 25.0 Å². The number of aryl methyl sites for hydroxylation is 1. The number of hydrogen-bond donors (Lipinski definition) is 4. The number of piperidine rings is 1. The summed E-state index contributed by atoms with van der Waals surface area (Å²) in [5, 5.41) is 15.8. The van der Waals surface area contributed by atoms with Gasteiger partial charge in [0.1, 0.15) is 0 Å². The fraction of sp³-hybridized carbons (Fsp3) is 0.464. The monoisotopic (exact) mass is 490 g/mol. The van der Waals surface area contributed by atoms with Crippen molar-refractivity contribution in [1.82, 2.24) is 15.2 Å². The number of nitrogens with zero attached hydrogens (tertiary/aromatic N) is 3. The normalized spacial score (nSPS) is 18.4. The number of aromatic nitrogens is 1. The molecule has 192 valence electrons. The van der Waals surface area contributed by atoms with Crippen molar-refractivity contribution in [1.29, 1.82) is 0 Å². The van der Waals surface area contributed by atoms with Gasteiger partial charge in [0.25, 0.3) is 5.91 Å². The first-order chi connectivity index (χ1) is 17.5. The van der Waals surface area contributed by atoms with Crippen LogP contribution < -0.4 is 16.4 Å². The molecule has 0 bridgehead atoms. The van der Waals surface area contributed by atoms with E-state index in [2.05, 4.69) is 32.4 Å². The van der Waals surface area contributed by atoms with Crippen molar-refractivity contribution in [3.05, 3.63) is 59.5 Å². The van der Waals surface area contributed by atoms with Gasteiger partial charge in [-0.1, -0.05) is 6.07 Å². The number of hydrogen-bond acceptors (Lipinski definition) is 7. The number of aliphatic hydroxyl groups is 1. The topological polar surface area (TPSA) is 116 Å². The average Bonchev–Trinajstić information content (AvgIpc) is 3.70. The van der Waals surface area contributed by atoms with Gasteiger partial charge < -0.3 is 26.4 Å². The van der Waals surface area contributed by atoms with E-state index in [0.717, 1.165) is 73.3 Å². The minimum Gasteiger partial charge on any atom is -0.404 e. The first kappa shape index (κ1) is 25.9. The van der Waals surface area contributed by atoms with Gasteiger partial charge in [0.05, 0.1) is 23.8 Å². The van der Waals surface area contributed by atoms with Crippen LogP contribution in [0.4, 0.5) is 11.4 Å². The van der Waals surface area contributed by atoms with Gasteiger partial charge >= 0.3 is 0 Å². The number of rotatable bonds is 10. The van der Waals surface area contributed by atoms with Crippen LogP contribution in [0.5, 0.6) is 0 Å². The van der Waals surface area contributed by atoms with Crippen LogP contribution in [-0.2, 0) is 0 Å². The average molecular weight is 491 g/mol. The van der Waals surface area contributed by atoms with Crippen molar-refractivity contribution >= 4 is 29.1 Å². The van der Waals surface area contributed by atoms with Gasteiger partial charge in [-0.15, -0.1) is 0 Å². The van der Waals surface area contributed by atoms with Crippen LogP contribution >= 0.6 is 0 Å². The number of nitrogens with one attached hydrogen (secondary N) is 2. The Kier molecular flexibility index (Phi) is 8.72. The van der Waals surface area contributed by atoms with Crippen LogP contribution in [0, 0.1) is 6.92 Å². The third-order valence-electron chi connectivity index (χ3n) is 7.05. The lowest BCUT2D eigenvalue weighted by molar-refractivity contribution is 0.0951. The van der Waals surface area contributed by atoms with E-state index in [1.54, 1.807) is 12.4 Å². The molecule has 1 saturated heterocycles. The third-order valence-corrected chi connectivity index (χ3v) is 7.05. The van der Waals surface area contributed by atoms with E-state index in [0.29, 0.717) is 23.7 Å². The Morgan fingerprint density at radius 1 is 1.22 bits per heavy atom. The largest absolute Gasteiger partial charge is 0.404 e. The number of aliphatic imine (C=N–C) groups is 1. The maximum Gasteiger partial charge on any atom is 0.251 e. The van der Waals surface area contributed by atoms with Crippen LogP contribution in [0.15, 0.2) is 47.9 Å². The van der Waals surface area contributed by atoms with E-state index in [1.165, 1.54) is 6.20 Å². The highest BCUT2D eigenvalue weighted by Crippen LogP contribution is 2.24. The summed E-state index contributed by atoms with van der Waals surface area (Å²) < 4.78 is 0. The van der Waals surface area contributed by atoms with Crippen molar-refractivity contribution in [3.63, 3.8) is 0 Å². The number of carbonyl (C=O) groups is 1. The maximum absolute atomic E-state index is 12.5. The van der Waals surface area contributed by atoms with Crippen molar-refractivity contribution < 1.29 is 9.90 Å². The minimum absolute atomic E-state index is 0.0521. The number of carbonyl (C=O) groups excluding carboxylic acids is 1. The lowest BCUT2D eigenvalue weighted by Crippen LogP contribution is -2.43. The predicted octanol–water partition coefficient (Wildman–Crippen LogP) is 3.63. The second-order valence-electron chi connectivity index (χ2n) is 9.91. The molecule has 0 radical (unpaired) electrons. The highest BCUT2D eigenvalue weighted by atomic mass is 16.3. The van der Waals surface area contributed by atoms with Crippen LogP contribution in [0.1, 0.15) is 60.5 Å². The summed E-state index contributed by atoms with van der Waals surface area (Å²) in [7, 11) is 0. The number of allylic oxidation sites excluding steroid dienone is 1. The van der Waals surface area contributed by atoms with E-state index in [4.69, 9.17) is 5.73 Å². The molecule has 1 aliphatic heterocycles. The molecule has 1 aliphatic carbocycles. The molecule has 2 heterocycles. The van der Waals surface area contributed by atoms with Crippen LogP contribution in [0.2, 0.25) is 0 Å². The smallest absolute Gasteiger partial charge is 0.251 e. The zero-order valence-electron chi connectivity index (χ0n) is 21.3. The number of likely N-dealkylation sites (tertiary alicyclic amines) is 1. The van der Waals surface area contributed by atoms with Crippen molar-refractivity contribution in [3.8, 4) is 0 Å². The van der Waals surface area contributed by atoms with Crippen LogP contribution in [-0.4, -0.2) is 64.9 Å². The second kappa shape index (κ2) is 12.1. The van der Waals surface area contributed by atoms with Gasteiger partial charge in [-0.2, -0.15) is 0 Å². The summed E-state index contributed by atoms with van der Waals surface area (Å²) in [6, 6.07) is 8.76. The van der Waals surface area contributed by atoms with Gasteiger partial charge in [0, 0.05) is 61.4 Å². The Labute approximate surface area is 213 Å². The summed E-state index contributed by atoms with van der Waals surface area (Å²) in [5.74, 6) is -0.0521. The third kappa shape index (κ3) is 6.92. The van der Waals surface area contributed by atoms with Crippen molar-refractivity contribution in [2.24, 2.45) is 10.7 Å². The molecule has 0 spiro atoms. The lowest BCUT2D eigenvalue weighted by Gasteiger charge is -2.36. The molecule has 1 unspecified atom stereocenters. The molecule has 2 aliphatic rings. The molecule has 8 nitrogen and oxygen atoms in total. The Hall–Kier alpha value is -3.23. The Morgan fingerprint density at radius 3 is 2.69 bits per heavy atom. The molecule has 36 heavy (non-hydrogen) atoms. The van der Waals surface area contributed by atoms with E-state index in [9.17, 15) is 9.90 Å². The van der Waals surface area contributed by atoms with E-state index in [-0.39, 0.29) is 12.5 Å². The summed E-state index contributed by atoms with van der Waals surface area (Å²) in [5.41, 5.74) is 10.9. The Balaban J connectivity index is 1.39. The molecular weight excluding hydrogens is 452 g/mol. The number of anilines is 1. The lowest BCUT2D eigenvalue weighted by atomic mass is 9.98. The molecule has 2 fully saturated rings. The maximum atomic E-state index is 12.5. The molecule has 1 aromatic heterocycles. The van der Waals surface area contributed by atoms with Crippen LogP contribution in [0.25, 0.3) is 5.57 Å². The predicted molar refractivity (Wildman–Crippen MR) is 146 cm³/mol. The molecular formula is C28H38N6O2. The van der Waals surface area contributed by atoms with E-state index in [1.807, 2.05) is 37.4 Å². The Morgan fingerprint density at radius 2 is 2.00 bits per heavy atom. The molecule has 1 atom stereocenters. The van der Waals surface area contributed by atoms with Gasteiger partial charge in [0.2, 0.25) is 0 Å². The molecule has 1 amide bonds. The van der Waals surface area contributed by atoms with Gasteiger partial charge in [-0.25, -0.2) is 0 Å². The van der Waals surface area contributed by atoms with Gasteiger partial charge in [0.15, 0.2) is 0 Å². The van der Waals surface area contributed by atoms with E-state index >= 15 is 0 Å². The first-order valence-corrected chi connectivity index (χ1v) is 12.9. The number of benzene rings is 1. The van der Waals surface area contributed by atoms with E-state index < -0.39 is 0 Å². The SMILES string of the molecule is Cc1ccc(C(=O)NC2CC2)cc1C(C=Nc1cncc(NC2CCN(C(C)CCO)CC2)c1)=CN. The molecule has 2 aromatic rings. The van der Waals surface area contributed by atoms with Gasteiger partial charge in [-0.05, 0) is 75.3 Å². The van der Waals surface area contributed by atoms with Crippen LogP contribution in [0.3, 0.4) is 0 Å². The zero-order valence-corrected chi connectivity index (χ0v) is 21.3. The standard InChI is InChI=1S/C28H38N6O2/c1-19-3-4-21(28(36)33-23-5-6-23)13-27(19)22(15-29)16-31-25-14-26(18-30-17-25)32-24-7-10-34(11-8-24)20(2)9-12-35/h3-4,13-18,20,23-24,32,35H,5-12,29H2,1-2H3,(H,33,36). The Bertz CT molecular complexity index is 1100. The summed E-state index contributed by atoms with van der Waals surface area (Å²) >= 11 is 0. The zero-order chi connectivity index (χ0) is 25.5. The fourth-order valence-corrected chi connectivity index (χ4v) is 4.58. The quantitative estimate of drug-likeness (QED) is 0.378. The summed E-state index contributed by atoms with van der Waals surface area (Å²) in [4.78, 5) is 23.9. The number of aliphatic hydroxyl groups excluding tert-OH is 1. The number of amides is 1. The molecule has 4 rings (SSSR count). The number of nitrogens with two attached hydrogens (primary N) is 1.